The molecule has 0 bridgehead atoms. The quantitative estimate of drug-likeness (QED) is 0.0929. The van der Waals surface area contributed by atoms with Gasteiger partial charge >= 0.3 is 11.9 Å². The van der Waals surface area contributed by atoms with Gasteiger partial charge in [0.2, 0.25) is 0 Å². The van der Waals surface area contributed by atoms with E-state index in [0.29, 0.717) is 51.1 Å². The molecule has 0 unspecified atom stereocenters. The van der Waals surface area contributed by atoms with E-state index in [1.807, 2.05) is 23.5 Å². The molecule has 0 atom stereocenters. The molecular formula is C27H52O6S2. The normalized spacial score (nSPS) is 11.4. The number of esters is 2. The number of ether oxygens (including phenoxy) is 4. The van der Waals surface area contributed by atoms with Crippen LogP contribution in [0.3, 0.4) is 0 Å². The molecule has 0 N–H and O–H groups in total. The summed E-state index contributed by atoms with van der Waals surface area (Å²) in [6, 6.07) is 0. The Kier molecular flexibility index (Phi) is 26.3. The van der Waals surface area contributed by atoms with E-state index in [1.165, 1.54) is 0 Å². The van der Waals surface area contributed by atoms with Gasteiger partial charge in [0, 0.05) is 24.3 Å². The van der Waals surface area contributed by atoms with Gasteiger partial charge in [-0.1, -0.05) is 27.7 Å². The smallest absolute Gasteiger partial charge is 0.305 e. The van der Waals surface area contributed by atoms with Crippen molar-refractivity contribution in [2.24, 2.45) is 11.8 Å². The van der Waals surface area contributed by atoms with E-state index in [4.69, 9.17) is 18.9 Å². The predicted octanol–water partition coefficient (Wildman–Crippen LogP) is 6.40. The van der Waals surface area contributed by atoms with Crippen molar-refractivity contribution in [2.45, 2.75) is 85.5 Å². The summed E-state index contributed by atoms with van der Waals surface area (Å²) >= 11 is 3.73. The van der Waals surface area contributed by atoms with E-state index in [1.54, 1.807) is 0 Å². The minimum Gasteiger partial charge on any atom is -0.466 e. The van der Waals surface area contributed by atoms with Gasteiger partial charge in [0.05, 0.1) is 39.6 Å². The molecule has 6 nitrogen and oxygen atoms in total. The summed E-state index contributed by atoms with van der Waals surface area (Å²) in [4.78, 5) is 23.2. The monoisotopic (exact) mass is 536 g/mol. The van der Waals surface area contributed by atoms with Crippen LogP contribution in [0.5, 0.6) is 0 Å². The molecular weight excluding hydrogens is 484 g/mol. The molecule has 0 aromatic heterocycles. The fraction of sp³-hybridized carbons (Fsp3) is 0.926. The number of carbonyl (C=O) groups excluding carboxylic acids is 2. The first-order chi connectivity index (χ1) is 16.9. The van der Waals surface area contributed by atoms with Crippen LogP contribution >= 0.6 is 23.5 Å². The molecule has 0 radical (unpaired) electrons. The lowest BCUT2D eigenvalue weighted by atomic mass is 10.1. The van der Waals surface area contributed by atoms with Crippen LogP contribution in [-0.4, -0.2) is 74.6 Å². The standard InChI is InChI=1S/C27H52O6S2/c1-24(2)10-9-14-32-26(28)11-5-7-20-34-22-18-30-16-17-31-19-23-35-21-8-6-12-27(29)33-15-13-25(3)4/h24-25H,5-23H2,1-4H3. The van der Waals surface area contributed by atoms with E-state index in [2.05, 4.69) is 27.7 Å². The molecule has 0 aliphatic carbocycles. The van der Waals surface area contributed by atoms with Crippen LogP contribution in [0.25, 0.3) is 0 Å². The SMILES string of the molecule is CC(C)CCCOC(=O)CCCCSCCOCCOCCSCCCCC(=O)OCCC(C)C. The molecule has 0 aromatic rings. The van der Waals surface area contributed by atoms with E-state index in [9.17, 15) is 9.59 Å². The van der Waals surface area contributed by atoms with Crippen molar-refractivity contribution in [3.63, 3.8) is 0 Å². The number of hydrogen-bond donors (Lipinski definition) is 0. The van der Waals surface area contributed by atoms with Crippen LogP contribution in [-0.2, 0) is 28.5 Å². The van der Waals surface area contributed by atoms with Crippen LogP contribution in [0.4, 0.5) is 0 Å². The zero-order valence-electron chi connectivity index (χ0n) is 22.9. The highest BCUT2D eigenvalue weighted by Crippen LogP contribution is 2.09. The second kappa shape index (κ2) is 26.6. The Morgan fingerprint density at radius 2 is 1.03 bits per heavy atom. The number of carbonyl (C=O) groups is 2. The number of unbranched alkanes of at least 4 members (excludes halogenated alkanes) is 2. The Morgan fingerprint density at radius 1 is 0.543 bits per heavy atom. The van der Waals surface area contributed by atoms with Gasteiger partial charge < -0.3 is 18.9 Å². The van der Waals surface area contributed by atoms with Gasteiger partial charge in [-0.3, -0.25) is 9.59 Å². The lowest BCUT2D eigenvalue weighted by Crippen LogP contribution is -2.09. The first-order valence-electron chi connectivity index (χ1n) is 13.5. The maximum atomic E-state index is 11.6. The predicted molar refractivity (Wildman–Crippen MR) is 149 cm³/mol. The van der Waals surface area contributed by atoms with Gasteiger partial charge in [0.15, 0.2) is 0 Å². The first-order valence-corrected chi connectivity index (χ1v) is 15.8. The van der Waals surface area contributed by atoms with Crippen molar-refractivity contribution in [1.29, 1.82) is 0 Å². The molecule has 0 fully saturated rings. The third kappa shape index (κ3) is 29.7. The third-order valence-electron chi connectivity index (χ3n) is 5.10. The summed E-state index contributed by atoms with van der Waals surface area (Å²) in [5, 5.41) is 0. The van der Waals surface area contributed by atoms with Crippen molar-refractivity contribution < 1.29 is 28.5 Å². The van der Waals surface area contributed by atoms with E-state index >= 15 is 0 Å². The minimum absolute atomic E-state index is 0.0602. The third-order valence-corrected chi connectivity index (χ3v) is 7.17. The molecule has 35 heavy (non-hydrogen) atoms. The van der Waals surface area contributed by atoms with E-state index in [0.717, 1.165) is 81.2 Å². The summed E-state index contributed by atoms with van der Waals surface area (Å²) in [5.74, 6) is 5.16. The number of hydrogen-bond acceptors (Lipinski definition) is 8. The molecule has 0 heterocycles. The molecule has 0 aliphatic rings. The Labute approximate surface area is 223 Å². The maximum Gasteiger partial charge on any atom is 0.305 e. The average molecular weight is 537 g/mol. The Hall–Kier alpha value is -0.440. The molecule has 0 saturated heterocycles. The highest BCUT2D eigenvalue weighted by Gasteiger charge is 2.04. The molecule has 0 amide bonds. The Morgan fingerprint density at radius 3 is 1.51 bits per heavy atom. The summed E-state index contributed by atoms with van der Waals surface area (Å²) in [5.41, 5.74) is 0. The maximum absolute atomic E-state index is 11.6. The van der Waals surface area contributed by atoms with Crippen molar-refractivity contribution in [2.75, 3.05) is 62.7 Å². The molecule has 0 saturated carbocycles. The second-order valence-electron chi connectivity index (χ2n) is 9.52. The fourth-order valence-corrected chi connectivity index (χ4v) is 4.64. The van der Waals surface area contributed by atoms with Gasteiger partial charge in [-0.2, -0.15) is 23.5 Å². The molecule has 208 valence electrons. The average Bonchev–Trinajstić information content (AvgIpc) is 2.80. The van der Waals surface area contributed by atoms with Crippen LogP contribution in [0, 0.1) is 11.8 Å². The van der Waals surface area contributed by atoms with Crippen molar-refractivity contribution in [3.8, 4) is 0 Å². The summed E-state index contributed by atoms with van der Waals surface area (Å²) in [6.45, 7) is 12.5. The zero-order chi connectivity index (χ0) is 26.0. The first kappa shape index (κ1) is 34.6. The van der Waals surface area contributed by atoms with Crippen molar-refractivity contribution in [3.05, 3.63) is 0 Å². The molecule has 0 spiro atoms. The van der Waals surface area contributed by atoms with Crippen LogP contribution in [0.2, 0.25) is 0 Å². The van der Waals surface area contributed by atoms with E-state index in [-0.39, 0.29) is 11.9 Å². The van der Waals surface area contributed by atoms with Crippen molar-refractivity contribution >= 4 is 35.5 Å². The van der Waals surface area contributed by atoms with Crippen LogP contribution in [0.1, 0.15) is 85.5 Å². The fourth-order valence-electron chi connectivity index (χ4n) is 2.94. The Bertz CT molecular complexity index is 488. The lowest BCUT2D eigenvalue weighted by molar-refractivity contribution is -0.144. The number of thioether (sulfide) groups is 2. The Balaban J connectivity index is 3.18. The van der Waals surface area contributed by atoms with Gasteiger partial charge in [-0.25, -0.2) is 0 Å². The molecule has 8 heteroatoms. The largest absolute Gasteiger partial charge is 0.466 e. The molecule has 0 aliphatic heterocycles. The van der Waals surface area contributed by atoms with Crippen LogP contribution < -0.4 is 0 Å². The van der Waals surface area contributed by atoms with Gasteiger partial charge in [0.25, 0.3) is 0 Å². The summed E-state index contributed by atoms with van der Waals surface area (Å²) < 4.78 is 21.7. The highest BCUT2D eigenvalue weighted by atomic mass is 32.2. The lowest BCUT2D eigenvalue weighted by Gasteiger charge is -2.07. The van der Waals surface area contributed by atoms with Crippen molar-refractivity contribution in [1.82, 2.24) is 0 Å². The summed E-state index contributed by atoms with van der Waals surface area (Å²) in [6.07, 6.45) is 7.92. The number of rotatable bonds is 26. The van der Waals surface area contributed by atoms with E-state index < -0.39 is 0 Å². The van der Waals surface area contributed by atoms with Crippen LogP contribution in [0.15, 0.2) is 0 Å². The van der Waals surface area contributed by atoms with Gasteiger partial charge in [0.1, 0.15) is 0 Å². The molecule has 0 rings (SSSR count). The second-order valence-corrected chi connectivity index (χ2v) is 12.0. The highest BCUT2D eigenvalue weighted by molar-refractivity contribution is 7.99. The topological polar surface area (TPSA) is 71.1 Å². The van der Waals surface area contributed by atoms with Gasteiger partial charge in [-0.15, -0.1) is 0 Å². The zero-order valence-corrected chi connectivity index (χ0v) is 24.5. The molecule has 0 aromatic carbocycles. The minimum atomic E-state index is -0.0674. The summed E-state index contributed by atoms with van der Waals surface area (Å²) in [7, 11) is 0. The van der Waals surface area contributed by atoms with Gasteiger partial charge in [-0.05, 0) is 68.3 Å².